The SMILES string of the molecule is C[C@@H]1CNCCN1S(=O)(=O)c1ccc(Cl)cc1C(F)(F)F.Cl. The maximum Gasteiger partial charge on any atom is 0.417 e. The molecule has 1 fully saturated rings. The van der Waals surface area contributed by atoms with E-state index in [1.165, 1.54) is 0 Å². The van der Waals surface area contributed by atoms with Crippen LogP contribution in [0.3, 0.4) is 0 Å². The molecule has 1 N–H and O–H groups in total. The summed E-state index contributed by atoms with van der Waals surface area (Å²) >= 11 is 5.57. The molecule has 0 bridgehead atoms. The van der Waals surface area contributed by atoms with Crippen molar-refractivity contribution in [3.05, 3.63) is 28.8 Å². The molecule has 0 amide bonds. The summed E-state index contributed by atoms with van der Waals surface area (Å²) in [6, 6.07) is 2.29. The second-order valence-corrected chi connectivity index (χ2v) is 7.10. The van der Waals surface area contributed by atoms with E-state index in [-0.39, 0.29) is 24.0 Å². The topological polar surface area (TPSA) is 49.4 Å². The van der Waals surface area contributed by atoms with Gasteiger partial charge in [-0.2, -0.15) is 17.5 Å². The summed E-state index contributed by atoms with van der Waals surface area (Å²) in [7, 11) is -4.23. The summed E-state index contributed by atoms with van der Waals surface area (Å²) < 4.78 is 65.4. The van der Waals surface area contributed by atoms with Gasteiger partial charge < -0.3 is 5.32 Å². The highest BCUT2D eigenvalue weighted by Gasteiger charge is 2.40. The number of benzene rings is 1. The number of hydrogen-bond donors (Lipinski definition) is 1. The highest BCUT2D eigenvalue weighted by atomic mass is 35.5. The third-order valence-corrected chi connectivity index (χ3v) is 5.58. The molecule has 4 nitrogen and oxygen atoms in total. The molecule has 22 heavy (non-hydrogen) atoms. The number of sulfonamides is 1. The van der Waals surface area contributed by atoms with E-state index in [1.807, 2.05) is 0 Å². The highest BCUT2D eigenvalue weighted by molar-refractivity contribution is 7.89. The molecule has 126 valence electrons. The van der Waals surface area contributed by atoms with Crippen molar-refractivity contribution in [2.75, 3.05) is 19.6 Å². The van der Waals surface area contributed by atoms with Crippen molar-refractivity contribution in [1.82, 2.24) is 9.62 Å². The summed E-state index contributed by atoms with van der Waals surface area (Å²) in [6.07, 6.45) is -4.79. The maximum absolute atomic E-state index is 13.1. The quantitative estimate of drug-likeness (QED) is 0.860. The Kier molecular flexibility index (Phi) is 6.14. The lowest BCUT2D eigenvalue weighted by atomic mass is 10.2. The zero-order chi connectivity index (χ0) is 15.8. The Bertz CT molecular complexity index is 638. The van der Waals surface area contributed by atoms with Crippen LogP contribution in [0.1, 0.15) is 12.5 Å². The van der Waals surface area contributed by atoms with Crippen molar-refractivity contribution >= 4 is 34.0 Å². The molecule has 0 aromatic heterocycles. The minimum absolute atomic E-state index is 0. The number of nitrogens with one attached hydrogen (secondary N) is 1. The smallest absolute Gasteiger partial charge is 0.314 e. The fourth-order valence-electron chi connectivity index (χ4n) is 2.25. The van der Waals surface area contributed by atoms with Crippen molar-refractivity contribution in [3.8, 4) is 0 Å². The van der Waals surface area contributed by atoms with Crippen LogP contribution in [-0.4, -0.2) is 38.4 Å². The van der Waals surface area contributed by atoms with Crippen molar-refractivity contribution in [3.63, 3.8) is 0 Å². The third kappa shape index (κ3) is 3.86. The van der Waals surface area contributed by atoms with Crippen LogP contribution in [0.2, 0.25) is 5.02 Å². The summed E-state index contributed by atoms with van der Waals surface area (Å²) in [6.45, 7) is 2.57. The number of rotatable bonds is 2. The average Bonchev–Trinajstić information content (AvgIpc) is 2.37. The van der Waals surface area contributed by atoms with Crippen LogP contribution < -0.4 is 5.32 Å². The number of alkyl halides is 3. The minimum Gasteiger partial charge on any atom is -0.314 e. The zero-order valence-electron chi connectivity index (χ0n) is 11.5. The van der Waals surface area contributed by atoms with E-state index in [4.69, 9.17) is 11.6 Å². The van der Waals surface area contributed by atoms with Gasteiger partial charge in [-0.05, 0) is 25.1 Å². The van der Waals surface area contributed by atoms with Gasteiger partial charge >= 0.3 is 6.18 Å². The summed E-state index contributed by atoms with van der Waals surface area (Å²) in [4.78, 5) is -0.756. The second-order valence-electron chi connectivity index (χ2n) is 4.81. The largest absolute Gasteiger partial charge is 0.417 e. The van der Waals surface area contributed by atoms with E-state index >= 15 is 0 Å². The average molecular weight is 379 g/mol. The van der Waals surface area contributed by atoms with Gasteiger partial charge in [0.1, 0.15) is 0 Å². The van der Waals surface area contributed by atoms with Gasteiger partial charge in [0.05, 0.1) is 10.5 Å². The zero-order valence-corrected chi connectivity index (χ0v) is 13.9. The molecule has 1 aliphatic heterocycles. The Balaban J connectivity index is 0.00000242. The molecule has 10 heteroatoms. The lowest BCUT2D eigenvalue weighted by Gasteiger charge is -2.33. The molecule has 0 saturated carbocycles. The summed E-state index contributed by atoms with van der Waals surface area (Å²) in [5.74, 6) is 0. The molecule has 0 spiro atoms. The summed E-state index contributed by atoms with van der Waals surface area (Å²) in [5, 5.41) is 2.83. The van der Waals surface area contributed by atoms with E-state index in [9.17, 15) is 21.6 Å². The van der Waals surface area contributed by atoms with Crippen molar-refractivity contribution < 1.29 is 21.6 Å². The van der Waals surface area contributed by atoms with Gasteiger partial charge in [-0.3, -0.25) is 0 Å². The highest BCUT2D eigenvalue weighted by Crippen LogP contribution is 2.37. The molecule has 1 heterocycles. The van der Waals surface area contributed by atoms with Gasteiger partial charge in [-0.25, -0.2) is 8.42 Å². The summed E-state index contributed by atoms with van der Waals surface area (Å²) in [5.41, 5.74) is -1.24. The number of halogens is 5. The Morgan fingerprint density at radius 1 is 1.36 bits per heavy atom. The molecule has 1 aromatic carbocycles. The number of hydrogen-bond acceptors (Lipinski definition) is 3. The van der Waals surface area contributed by atoms with Gasteiger partial charge in [0.2, 0.25) is 10.0 Å². The lowest BCUT2D eigenvalue weighted by Crippen LogP contribution is -2.52. The molecule has 1 saturated heterocycles. The van der Waals surface area contributed by atoms with Crippen LogP contribution in [0.5, 0.6) is 0 Å². The lowest BCUT2D eigenvalue weighted by molar-refractivity contribution is -0.139. The fraction of sp³-hybridized carbons (Fsp3) is 0.500. The van der Waals surface area contributed by atoms with E-state index in [1.54, 1.807) is 6.92 Å². The van der Waals surface area contributed by atoms with Crippen LogP contribution >= 0.6 is 24.0 Å². The molecule has 1 atom stereocenters. The maximum atomic E-state index is 13.1. The van der Waals surface area contributed by atoms with E-state index in [0.717, 1.165) is 16.4 Å². The molecular weight excluding hydrogens is 364 g/mol. The minimum atomic E-state index is -4.79. The van der Waals surface area contributed by atoms with E-state index in [2.05, 4.69) is 5.32 Å². The second kappa shape index (κ2) is 6.92. The van der Waals surface area contributed by atoms with Crippen LogP contribution in [0.15, 0.2) is 23.1 Å². The van der Waals surface area contributed by atoms with E-state index < -0.39 is 32.7 Å². The van der Waals surface area contributed by atoms with Gasteiger partial charge in [-0.15, -0.1) is 12.4 Å². The molecule has 1 aromatic rings. The first-order chi connectivity index (χ1) is 9.64. The van der Waals surface area contributed by atoms with E-state index in [0.29, 0.717) is 19.2 Å². The van der Waals surface area contributed by atoms with Crippen molar-refractivity contribution in [2.45, 2.75) is 24.0 Å². The molecule has 0 radical (unpaired) electrons. The monoisotopic (exact) mass is 378 g/mol. The predicted molar refractivity (Wildman–Crippen MR) is 79.9 cm³/mol. The first-order valence-corrected chi connectivity index (χ1v) is 8.05. The van der Waals surface area contributed by atoms with Crippen LogP contribution in [0.4, 0.5) is 13.2 Å². The van der Waals surface area contributed by atoms with Crippen LogP contribution in [0.25, 0.3) is 0 Å². The van der Waals surface area contributed by atoms with Gasteiger partial charge in [0, 0.05) is 30.7 Å². The molecule has 2 rings (SSSR count). The third-order valence-electron chi connectivity index (χ3n) is 3.27. The van der Waals surface area contributed by atoms with Gasteiger partial charge in [-0.1, -0.05) is 11.6 Å². The fourth-order valence-corrected chi connectivity index (χ4v) is 4.25. The predicted octanol–water partition coefficient (Wildman–Crippen LogP) is 2.76. The Labute approximate surface area is 138 Å². The molecule has 0 unspecified atom stereocenters. The first-order valence-electron chi connectivity index (χ1n) is 6.23. The number of nitrogens with zero attached hydrogens (tertiary/aromatic N) is 1. The van der Waals surface area contributed by atoms with Crippen LogP contribution in [0, 0.1) is 0 Å². The Hall–Kier alpha value is -0.540. The Morgan fingerprint density at radius 2 is 2.00 bits per heavy atom. The van der Waals surface area contributed by atoms with Gasteiger partial charge in [0.15, 0.2) is 0 Å². The normalized spacial score (nSPS) is 20.5. The van der Waals surface area contributed by atoms with Crippen molar-refractivity contribution in [1.29, 1.82) is 0 Å². The molecular formula is C12H15Cl2F3N2O2S. The number of piperazine rings is 1. The van der Waals surface area contributed by atoms with Gasteiger partial charge in [0.25, 0.3) is 0 Å². The molecule has 0 aliphatic carbocycles. The van der Waals surface area contributed by atoms with Crippen LogP contribution in [-0.2, 0) is 16.2 Å². The standard InChI is InChI=1S/C12H14ClF3N2O2S.ClH/c1-8-7-17-4-5-18(8)21(19,20)11-3-2-9(13)6-10(11)12(14,15)16;/h2-3,6,8,17H,4-5,7H2,1H3;1H/t8-;/m1./s1. The van der Waals surface area contributed by atoms with Crippen molar-refractivity contribution in [2.24, 2.45) is 0 Å². The first kappa shape index (κ1) is 19.5. The Morgan fingerprint density at radius 3 is 2.55 bits per heavy atom. The molecule has 1 aliphatic rings.